The number of carbonyl (C=O) groups excluding carboxylic acids is 2. The molecule has 0 radical (unpaired) electrons. The van der Waals surface area contributed by atoms with Crippen molar-refractivity contribution in [1.82, 2.24) is 4.90 Å². The third kappa shape index (κ3) is 4.02. The highest BCUT2D eigenvalue weighted by Gasteiger charge is 2.62. The zero-order chi connectivity index (χ0) is 23.4. The Morgan fingerprint density at radius 2 is 1.70 bits per heavy atom. The first-order valence-corrected chi connectivity index (χ1v) is 14.5. The van der Waals surface area contributed by atoms with E-state index in [4.69, 9.17) is 0 Å². The number of amides is 1. The maximum absolute atomic E-state index is 13.6. The van der Waals surface area contributed by atoms with Crippen LogP contribution in [0.4, 0.5) is 0 Å². The molecule has 3 nitrogen and oxygen atoms in total. The number of hydrogen-bond acceptors (Lipinski definition) is 2. The smallest absolute Gasteiger partial charge is 0.222 e. The molecule has 5 aliphatic rings. The molecule has 9 atom stereocenters. The van der Waals surface area contributed by atoms with Gasteiger partial charge in [0, 0.05) is 31.8 Å². The number of carbonyl (C=O) groups is 2. The molecular weight excluding hydrogens is 406 g/mol. The molecule has 186 valence electrons. The molecular formula is C30H49NO2. The van der Waals surface area contributed by atoms with Crippen molar-refractivity contribution < 1.29 is 9.59 Å². The SMILES string of the molecule is C[C@@H]1CC[C@@]2(C)C(CC(=O)C3C2CC[C@@]2(C)C3CCC2[C@@H](C)CCC(=O)N2CCCCC2)C1. The van der Waals surface area contributed by atoms with Crippen molar-refractivity contribution in [3.05, 3.63) is 0 Å². The normalized spacial score (nSPS) is 46.3. The van der Waals surface area contributed by atoms with Crippen molar-refractivity contribution in [2.75, 3.05) is 13.1 Å². The number of ketones is 1. The second-order valence-electron chi connectivity index (χ2n) is 13.7. The van der Waals surface area contributed by atoms with Crippen LogP contribution in [0.2, 0.25) is 0 Å². The van der Waals surface area contributed by atoms with E-state index in [-0.39, 0.29) is 0 Å². The first-order chi connectivity index (χ1) is 15.7. The maximum Gasteiger partial charge on any atom is 0.222 e. The Morgan fingerprint density at radius 3 is 2.45 bits per heavy atom. The Bertz CT molecular complexity index is 756. The fourth-order valence-electron chi connectivity index (χ4n) is 9.98. The molecule has 3 heteroatoms. The van der Waals surface area contributed by atoms with Gasteiger partial charge in [-0.05, 0) is 111 Å². The molecule has 33 heavy (non-hydrogen) atoms. The van der Waals surface area contributed by atoms with E-state index in [1.54, 1.807) is 0 Å². The van der Waals surface area contributed by atoms with Gasteiger partial charge in [-0.25, -0.2) is 0 Å². The monoisotopic (exact) mass is 455 g/mol. The van der Waals surface area contributed by atoms with Crippen molar-refractivity contribution >= 4 is 11.7 Å². The summed E-state index contributed by atoms with van der Waals surface area (Å²) in [5, 5.41) is 0. The standard InChI is InChI=1S/C30H49NO2/c1-20-12-14-29(3)22(18-20)19-26(32)28-24-10-9-23(30(24,4)15-13-25(28)29)21(2)8-11-27(33)31-16-6-5-7-17-31/h20-25,28H,5-19H2,1-4H3/t20-,21+,22?,23?,24?,25?,28?,29+,30-/m1/s1. The van der Waals surface area contributed by atoms with Gasteiger partial charge in [-0.1, -0.05) is 34.1 Å². The van der Waals surface area contributed by atoms with E-state index in [1.807, 2.05) is 0 Å². The highest BCUT2D eigenvalue weighted by Crippen LogP contribution is 2.67. The Morgan fingerprint density at radius 1 is 1.00 bits per heavy atom. The van der Waals surface area contributed by atoms with E-state index >= 15 is 0 Å². The summed E-state index contributed by atoms with van der Waals surface area (Å²) in [7, 11) is 0. The van der Waals surface area contributed by atoms with Gasteiger partial charge in [0.15, 0.2) is 0 Å². The molecule has 0 N–H and O–H groups in total. The summed E-state index contributed by atoms with van der Waals surface area (Å²) in [6.07, 6.45) is 15.3. The molecule has 0 aromatic heterocycles. The average Bonchev–Trinajstić information content (AvgIpc) is 3.16. The van der Waals surface area contributed by atoms with Crippen LogP contribution in [0.1, 0.15) is 111 Å². The third-order valence-corrected chi connectivity index (χ3v) is 12.0. The number of fused-ring (bicyclic) bond motifs is 5. The van der Waals surface area contributed by atoms with E-state index in [9.17, 15) is 9.59 Å². The van der Waals surface area contributed by atoms with Crippen LogP contribution in [0.25, 0.3) is 0 Å². The molecule has 4 saturated carbocycles. The summed E-state index contributed by atoms with van der Waals surface area (Å²) < 4.78 is 0. The van der Waals surface area contributed by atoms with Crippen LogP contribution in [0.5, 0.6) is 0 Å². The predicted molar refractivity (Wildman–Crippen MR) is 134 cm³/mol. The van der Waals surface area contributed by atoms with Crippen LogP contribution in [-0.4, -0.2) is 29.7 Å². The Labute approximate surface area is 202 Å². The van der Waals surface area contributed by atoms with E-state index in [0.717, 1.165) is 38.3 Å². The second-order valence-corrected chi connectivity index (χ2v) is 13.7. The number of hydrogen-bond donors (Lipinski definition) is 0. The van der Waals surface area contributed by atoms with Crippen LogP contribution in [0.3, 0.4) is 0 Å². The van der Waals surface area contributed by atoms with E-state index < -0.39 is 0 Å². The predicted octanol–water partition coefficient (Wildman–Crippen LogP) is 6.89. The zero-order valence-electron chi connectivity index (χ0n) is 21.9. The Balaban J connectivity index is 1.27. The van der Waals surface area contributed by atoms with Crippen LogP contribution >= 0.6 is 0 Å². The highest BCUT2D eigenvalue weighted by atomic mass is 16.2. The molecule has 1 aliphatic heterocycles. The van der Waals surface area contributed by atoms with Crippen molar-refractivity contribution in [3.63, 3.8) is 0 Å². The molecule has 0 aromatic rings. The molecule has 5 fully saturated rings. The van der Waals surface area contributed by atoms with Crippen LogP contribution in [0, 0.1) is 52.3 Å². The van der Waals surface area contributed by atoms with Gasteiger partial charge in [0.1, 0.15) is 5.78 Å². The van der Waals surface area contributed by atoms with Crippen molar-refractivity contribution in [2.45, 2.75) is 111 Å². The number of likely N-dealkylation sites (tertiary alicyclic amines) is 1. The summed E-state index contributed by atoms with van der Waals surface area (Å²) in [6, 6.07) is 0. The quantitative estimate of drug-likeness (QED) is 0.463. The topological polar surface area (TPSA) is 37.4 Å². The third-order valence-electron chi connectivity index (χ3n) is 12.0. The van der Waals surface area contributed by atoms with E-state index in [0.29, 0.717) is 58.0 Å². The first-order valence-electron chi connectivity index (χ1n) is 14.5. The first kappa shape index (κ1) is 23.9. The van der Waals surface area contributed by atoms with Gasteiger partial charge in [0.05, 0.1) is 0 Å². The zero-order valence-corrected chi connectivity index (χ0v) is 21.9. The molecule has 1 saturated heterocycles. The lowest BCUT2D eigenvalue weighted by atomic mass is 9.43. The van der Waals surface area contributed by atoms with Gasteiger partial charge >= 0.3 is 0 Å². The lowest BCUT2D eigenvalue weighted by Crippen LogP contribution is -2.57. The second kappa shape index (κ2) is 8.98. The van der Waals surface area contributed by atoms with Crippen LogP contribution in [0.15, 0.2) is 0 Å². The number of rotatable bonds is 4. The van der Waals surface area contributed by atoms with E-state index in [2.05, 4.69) is 32.6 Å². The molecule has 1 amide bonds. The summed E-state index contributed by atoms with van der Waals surface area (Å²) >= 11 is 0. The molecule has 0 bridgehead atoms. The fourth-order valence-corrected chi connectivity index (χ4v) is 9.98. The summed E-state index contributed by atoms with van der Waals surface area (Å²) in [4.78, 5) is 28.5. The van der Waals surface area contributed by atoms with Crippen LogP contribution < -0.4 is 0 Å². The largest absolute Gasteiger partial charge is 0.343 e. The van der Waals surface area contributed by atoms with Gasteiger partial charge in [-0.15, -0.1) is 0 Å². The lowest BCUT2D eigenvalue weighted by Gasteiger charge is -2.60. The molecule has 0 spiro atoms. The molecule has 5 unspecified atom stereocenters. The fraction of sp³-hybridized carbons (Fsp3) is 0.933. The van der Waals surface area contributed by atoms with Crippen molar-refractivity contribution in [3.8, 4) is 0 Å². The maximum atomic E-state index is 13.6. The van der Waals surface area contributed by atoms with Crippen molar-refractivity contribution in [2.24, 2.45) is 52.3 Å². The Kier molecular flexibility index (Phi) is 6.49. The lowest BCUT2D eigenvalue weighted by molar-refractivity contribution is -0.158. The minimum atomic E-state index is 0.301. The minimum Gasteiger partial charge on any atom is -0.343 e. The van der Waals surface area contributed by atoms with Gasteiger partial charge in [-0.2, -0.15) is 0 Å². The molecule has 5 rings (SSSR count). The summed E-state index contributed by atoms with van der Waals surface area (Å²) in [5.41, 5.74) is 0.701. The average molecular weight is 456 g/mol. The highest BCUT2D eigenvalue weighted by molar-refractivity contribution is 5.83. The van der Waals surface area contributed by atoms with Gasteiger partial charge < -0.3 is 4.90 Å². The summed E-state index contributed by atoms with van der Waals surface area (Å²) in [6.45, 7) is 11.9. The number of Topliss-reactive ketones (excluding diaryl/α,β-unsaturated/α-hetero) is 1. The van der Waals surface area contributed by atoms with Crippen LogP contribution in [-0.2, 0) is 9.59 Å². The van der Waals surface area contributed by atoms with Gasteiger partial charge in [0.25, 0.3) is 0 Å². The number of nitrogens with zero attached hydrogens (tertiary/aromatic N) is 1. The molecule has 4 aliphatic carbocycles. The Hall–Kier alpha value is -0.860. The number of piperidine rings is 1. The minimum absolute atomic E-state index is 0.301. The van der Waals surface area contributed by atoms with Crippen molar-refractivity contribution in [1.29, 1.82) is 0 Å². The molecule has 0 aromatic carbocycles. The van der Waals surface area contributed by atoms with Gasteiger partial charge in [0.2, 0.25) is 5.91 Å². The summed E-state index contributed by atoms with van der Waals surface area (Å²) in [5.74, 6) is 5.26. The van der Waals surface area contributed by atoms with Gasteiger partial charge in [-0.3, -0.25) is 9.59 Å². The molecule has 1 heterocycles. The van der Waals surface area contributed by atoms with E-state index in [1.165, 1.54) is 64.2 Å².